The van der Waals surface area contributed by atoms with Crippen molar-refractivity contribution in [2.45, 2.75) is 39.8 Å². The van der Waals surface area contributed by atoms with E-state index in [1.165, 1.54) is 0 Å². The van der Waals surface area contributed by atoms with Gasteiger partial charge in [0.25, 0.3) is 0 Å². The molecular weight excluding hydrogens is 284 g/mol. The Bertz CT molecular complexity index is 452. The van der Waals surface area contributed by atoms with E-state index in [9.17, 15) is 9.59 Å². The van der Waals surface area contributed by atoms with E-state index in [4.69, 9.17) is 11.3 Å². The third kappa shape index (κ3) is 14.1. The summed E-state index contributed by atoms with van der Waals surface area (Å²) < 4.78 is 0. The van der Waals surface area contributed by atoms with Gasteiger partial charge in [-0.15, -0.1) is 0 Å². The maximum atomic E-state index is 10.9. The molecule has 124 valence electrons. The summed E-state index contributed by atoms with van der Waals surface area (Å²) in [6.07, 6.45) is 0. The van der Waals surface area contributed by atoms with Gasteiger partial charge in [0, 0.05) is 35.2 Å². The molecule has 8 nitrogen and oxygen atoms in total. The fraction of sp³-hybridized carbons (Fsp3) is 0.571. The van der Waals surface area contributed by atoms with Crippen LogP contribution in [0.5, 0.6) is 0 Å². The molecule has 0 saturated carbocycles. The molecule has 8 heteroatoms. The fourth-order valence-corrected chi connectivity index (χ4v) is 0.925. The normalized spacial score (nSPS) is 11.7. The van der Waals surface area contributed by atoms with E-state index >= 15 is 0 Å². The van der Waals surface area contributed by atoms with Gasteiger partial charge in [-0.25, -0.2) is 0 Å². The Hall–Kier alpha value is -2.31. The summed E-state index contributed by atoms with van der Waals surface area (Å²) >= 11 is 0. The maximum Gasteiger partial charge on any atom is 0.246 e. The van der Waals surface area contributed by atoms with Crippen molar-refractivity contribution in [3.05, 3.63) is 34.7 Å². The highest BCUT2D eigenvalue weighted by molar-refractivity contribution is 5.92. The van der Waals surface area contributed by atoms with Crippen LogP contribution in [0.3, 0.4) is 0 Å². The zero-order valence-corrected chi connectivity index (χ0v) is 13.7. The summed E-state index contributed by atoms with van der Waals surface area (Å²) in [4.78, 5) is 24.3. The van der Waals surface area contributed by atoms with Crippen LogP contribution in [0.25, 0.3) is 10.4 Å². The maximum absolute atomic E-state index is 10.9. The Morgan fingerprint density at radius 1 is 1.14 bits per heavy atom. The van der Waals surface area contributed by atoms with E-state index in [2.05, 4.69) is 33.8 Å². The quantitative estimate of drug-likeness (QED) is 0.284. The summed E-state index contributed by atoms with van der Waals surface area (Å²) in [5.41, 5.74) is 14.4. The van der Waals surface area contributed by atoms with Crippen molar-refractivity contribution < 1.29 is 9.59 Å². The molecule has 0 aliphatic rings. The average molecular weight is 310 g/mol. The van der Waals surface area contributed by atoms with Crippen LogP contribution in [0.15, 0.2) is 29.4 Å². The van der Waals surface area contributed by atoms with Gasteiger partial charge < -0.3 is 16.4 Å². The molecule has 0 spiro atoms. The number of carbonyl (C=O) groups is 2. The van der Waals surface area contributed by atoms with Gasteiger partial charge in [-0.2, -0.15) is 0 Å². The predicted octanol–water partition coefficient (Wildman–Crippen LogP) is 1.40. The zero-order chi connectivity index (χ0) is 17.7. The van der Waals surface area contributed by atoms with Crippen LogP contribution < -0.4 is 16.4 Å². The molecule has 0 radical (unpaired) electrons. The van der Waals surface area contributed by atoms with E-state index in [0.29, 0.717) is 24.2 Å². The molecule has 2 unspecified atom stereocenters. The zero-order valence-electron chi connectivity index (χ0n) is 13.7. The van der Waals surface area contributed by atoms with Crippen LogP contribution in [0.1, 0.15) is 27.7 Å². The van der Waals surface area contributed by atoms with Crippen molar-refractivity contribution in [3.63, 3.8) is 0 Å². The van der Waals surface area contributed by atoms with Gasteiger partial charge in [0.2, 0.25) is 11.8 Å². The summed E-state index contributed by atoms with van der Waals surface area (Å²) in [6.45, 7) is 14.6. The molecule has 0 aliphatic heterocycles. The Morgan fingerprint density at radius 3 is 1.86 bits per heavy atom. The Balaban J connectivity index is 0. The lowest BCUT2D eigenvalue weighted by molar-refractivity contribution is -0.118. The molecule has 22 heavy (non-hydrogen) atoms. The molecular formula is C14H26N6O2. The van der Waals surface area contributed by atoms with Gasteiger partial charge in [-0.1, -0.05) is 25.2 Å². The Morgan fingerprint density at radius 2 is 1.55 bits per heavy atom. The van der Waals surface area contributed by atoms with Crippen LogP contribution >= 0.6 is 0 Å². The van der Waals surface area contributed by atoms with Crippen LogP contribution in [-0.4, -0.2) is 37.0 Å². The number of amides is 2. The van der Waals surface area contributed by atoms with Crippen LogP contribution in [0, 0.1) is 0 Å². The molecule has 0 saturated heterocycles. The van der Waals surface area contributed by atoms with Crippen molar-refractivity contribution in [1.29, 1.82) is 0 Å². The number of hydrogen-bond acceptors (Lipinski definition) is 4. The average Bonchev–Trinajstić information content (AvgIpc) is 2.42. The second-order valence-corrected chi connectivity index (χ2v) is 5.01. The van der Waals surface area contributed by atoms with Crippen molar-refractivity contribution >= 4 is 11.8 Å². The molecule has 0 aromatic heterocycles. The highest BCUT2D eigenvalue weighted by Crippen LogP contribution is 1.90. The standard InChI is InChI=1S/C7H12N4O.C7H14N2O/c1-5(2)7(12)9-4-6(3)10-11-8;1-5(2)7(10)9-4-6(3)8/h6H,1,4H2,2-3H3,(H,9,12);6H,1,4,8H2,2-3H3,(H,9,10). The van der Waals surface area contributed by atoms with Crippen LogP contribution in [-0.2, 0) is 9.59 Å². The first-order valence-electron chi connectivity index (χ1n) is 6.79. The molecule has 2 amide bonds. The molecule has 0 rings (SSSR count). The Labute approximate surface area is 131 Å². The number of rotatable bonds is 7. The molecule has 0 fully saturated rings. The van der Waals surface area contributed by atoms with E-state index in [-0.39, 0.29) is 23.9 Å². The number of nitrogens with zero attached hydrogens (tertiary/aromatic N) is 3. The number of carbonyl (C=O) groups excluding carboxylic acids is 2. The van der Waals surface area contributed by atoms with E-state index in [0.717, 1.165) is 0 Å². The second kappa shape index (κ2) is 12.4. The van der Waals surface area contributed by atoms with Gasteiger partial charge in [0.15, 0.2) is 0 Å². The third-order valence-electron chi connectivity index (χ3n) is 2.17. The van der Waals surface area contributed by atoms with Gasteiger partial charge >= 0.3 is 0 Å². The first kappa shape index (κ1) is 22.0. The first-order chi connectivity index (χ1) is 10.1. The molecule has 0 aromatic carbocycles. The second-order valence-electron chi connectivity index (χ2n) is 5.01. The largest absolute Gasteiger partial charge is 0.352 e. The van der Waals surface area contributed by atoms with Crippen molar-refractivity contribution in [2.24, 2.45) is 10.8 Å². The van der Waals surface area contributed by atoms with Crippen molar-refractivity contribution in [3.8, 4) is 0 Å². The van der Waals surface area contributed by atoms with E-state index in [1.54, 1.807) is 20.8 Å². The molecule has 0 aliphatic carbocycles. The summed E-state index contributed by atoms with van der Waals surface area (Å²) in [5, 5.41) is 8.57. The molecule has 4 N–H and O–H groups in total. The lowest BCUT2D eigenvalue weighted by atomic mass is 10.3. The topological polar surface area (TPSA) is 133 Å². The van der Waals surface area contributed by atoms with E-state index in [1.807, 2.05) is 6.92 Å². The fourth-order valence-electron chi connectivity index (χ4n) is 0.925. The smallest absolute Gasteiger partial charge is 0.246 e. The summed E-state index contributed by atoms with van der Waals surface area (Å²) in [7, 11) is 0. The Kier molecular flexibility index (Phi) is 12.4. The SMILES string of the molecule is C=C(C)C(=O)NCC(C)N.C=C(C)C(=O)NCC(C)N=[N+]=[N-]. The lowest BCUT2D eigenvalue weighted by Gasteiger charge is -2.06. The predicted molar refractivity (Wildman–Crippen MR) is 87.9 cm³/mol. The van der Waals surface area contributed by atoms with Crippen LogP contribution in [0.4, 0.5) is 0 Å². The minimum Gasteiger partial charge on any atom is -0.352 e. The number of nitrogens with two attached hydrogens (primary N) is 1. The van der Waals surface area contributed by atoms with Crippen molar-refractivity contribution in [1.82, 2.24) is 10.6 Å². The summed E-state index contributed by atoms with van der Waals surface area (Å²) in [6, 6.07) is -0.221. The molecule has 0 aromatic rings. The minimum atomic E-state index is -0.224. The van der Waals surface area contributed by atoms with E-state index < -0.39 is 0 Å². The van der Waals surface area contributed by atoms with Crippen LogP contribution in [0.2, 0.25) is 0 Å². The summed E-state index contributed by atoms with van der Waals surface area (Å²) in [5.74, 6) is -0.340. The highest BCUT2D eigenvalue weighted by atomic mass is 16.2. The number of hydrogen-bond donors (Lipinski definition) is 3. The molecule has 0 bridgehead atoms. The monoisotopic (exact) mass is 310 g/mol. The van der Waals surface area contributed by atoms with Gasteiger partial charge in [0.1, 0.15) is 0 Å². The first-order valence-corrected chi connectivity index (χ1v) is 6.79. The molecule has 0 heterocycles. The van der Waals surface area contributed by atoms with Gasteiger partial charge in [-0.3, -0.25) is 9.59 Å². The highest BCUT2D eigenvalue weighted by Gasteiger charge is 2.03. The lowest BCUT2D eigenvalue weighted by Crippen LogP contribution is -2.35. The number of azide groups is 1. The number of nitrogens with one attached hydrogen (secondary N) is 2. The van der Waals surface area contributed by atoms with Gasteiger partial charge in [0.05, 0.1) is 6.04 Å². The minimum absolute atomic E-state index is 0.00306. The third-order valence-corrected chi connectivity index (χ3v) is 2.17. The van der Waals surface area contributed by atoms with Gasteiger partial charge in [-0.05, 0) is 26.3 Å². The van der Waals surface area contributed by atoms with Crippen molar-refractivity contribution in [2.75, 3.05) is 13.1 Å². The molecule has 2 atom stereocenters.